The molecule has 0 saturated heterocycles. The van der Waals surface area contributed by atoms with Crippen molar-refractivity contribution >= 4 is 34.7 Å². The van der Waals surface area contributed by atoms with Crippen molar-refractivity contribution in [3.63, 3.8) is 0 Å². The molecular formula is C22H20N4OS2. The molecule has 29 heavy (non-hydrogen) atoms. The van der Waals surface area contributed by atoms with Crippen LogP contribution in [0.3, 0.4) is 0 Å². The molecule has 146 valence electrons. The van der Waals surface area contributed by atoms with Crippen LogP contribution in [0.4, 0.5) is 5.69 Å². The first-order valence-corrected chi connectivity index (χ1v) is 11.1. The summed E-state index contributed by atoms with van der Waals surface area (Å²) in [5, 5.41) is 14.5. The second kappa shape index (κ2) is 9.07. The van der Waals surface area contributed by atoms with Crippen LogP contribution < -0.4 is 5.32 Å². The maximum atomic E-state index is 12.4. The number of benzene rings is 2. The molecule has 1 atom stereocenters. The van der Waals surface area contributed by atoms with Crippen molar-refractivity contribution in [2.45, 2.75) is 18.1 Å². The zero-order valence-electron chi connectivity index (χ0n) is 15.9. The Balaban J connectivity index is 1.57. The summed E-state index contributed by atoms with van der Waals surface area (Å²) in [5.74, 6) is 1.02. The van der Waals surface area contributed by atoms with Gasteiger partial charge in [-0.05, 0) is 36.1 Å². The second-order valence-corrected chi connectivity index (χ2v) is 8.33. The Morgan fingerprint density at radius 1 is 1.03 bits per heavy atom. The summed E-state index contributed by atoms with van der Waals surface area (Å²) >= 11 is 3.03. The van der Waals surface area contributed by atoms with Gasteiger partial charge in [-0.25, -0.2) is 0 Å². The number of carbonyl (C=O) groups excluding carboxylic acids is 1. The molecule has 0 radical (unpaired) electrons. The fraction of sp³-hybridized carbons (Fsp3) is 0.136. The molecule has 0 fully saturated rings. The van der Waals surface area contributed by atoms with Gasteiger partial charge in [0.1, 0.15) is 0 Å². The van der Waals surface area contributed by atoms with Crippen LogP contribution in [0.2, 0.25) is 0 Å². The average molecular weight is 421 g/mol. The fourth-order valence-corrected chi connectivity index (χ4v) is 4.55. The third-order valence-corrected chi connectivity index (χ3v) is 6.27. The van der Waals surface area contributed by atoms with Gasteiger partial charge in [0.25, 0.3) is 0 Å². The lowest BCUT2D eigenvalue weighted by Crippen LogP contribution is -2.15. The van der Waals surface area contributed by atoms with Gasteiger partial charge < -0.3 is 5.32 Å². The molecule has 0 aliphatic heterocycles. The van der Waals surface area contributed by atoms with Gasteiger partial charge in [0.2, 0.25) is 5.91 Å². The van der Waals surface area contributed by atoms with E-state index < -0.39 is 0 Å². The topological polar surface area (TPSA) is 59.8 Å². The van der Waals surface area contributed by atoms with Crippen molar-refractivity contribution in [2.75, 3.05) is 11.1 Å². The molecule has 5 nitrogen and oxygen atoms in total. The molecule has 0 saturated carbocycles. The molecule has 0 aliphatic rings. The molecule has 2 heterocycles. The van der Waals surface area contributed by atoms with E-state index in [1.165, 1.54) is 17.3 Å². The van der Waals surface area contributed by atoms with Crippen molar-refractivity contribution in [1.29, 1.82) is 0 Å². The molecule has 1 N–H and O–H groups in total. The van der Waals surface area contributed by atoms with Crippen LogP contribution in [0, 0.1) is 0 Å². The van der Waals surface area contributed by atoms with E-state index in [1.807, 2.05) is 66.0 Å². The Kier molecular flexibility index (Phi) is 6.07. The molecule has 4 rings (SSSR count). The van der Waals surface area contributed by atoms with Crippen LogP contribution in [0.15, 0.2) is 83.3 Å². The van der Waals surface area contributed by atoms with E-state index in [1.54, 1.807) is 11.3 Å². The van der Waals surface area contributed by atoms with E-state index in [4.69, 9.17) is 0 Å². The number of hydrogen-bond acceptors (Lipinski definition) is 5. The highest BCUT2D eigenvalue weighted by Crippen LogP contribution is 2.32. The van der Waals surface area contributed by atoms with Crippen LogP contribution >= 0.6 is 23.1 Å². The minimum Gasteiger partial charge on any atom is -0.325 e. The first kappa shape index (κ1) is 19.4. The van der Waals surface area contributed by atoms with Crippen molar-refractivity contribution in [3.05, 3.63) is 83.7 Å². The van der Waals surface area contributed by atoms with Gasteiger partial charge in [-0.15, -0.1) is 21.5 Å². The molecule has 1 unspecified atom stereocenters. The number of carbonyl (C=O) groups is 1. The Bertz CT molecular complexity index is 1060. The molecule has 0 bridgehead atoms. The van der Waals surface area contributed by atoms with Crippen molar-refractivity contribution in [2.24, 2.45) is 0 Å². The highest BCUT2D eigenvalue weighted by molar-refractivity contribution is 7.99. The van der Waals surface area contributed by atoms with E-state index in [0.717, 1.165) is 21.5 Å². The van der Waals surface area contributed by atoms with Gasteiger partial charge in [0.05, 0.1) is 16.7 Å². The number of para-hydroxylation sites is 1. The third-order valence-electron chi connectivity index (χ3n) is 4.47. The standard InChI is InChI=1S/C22H20N4OS2/c1-16(17-9-4-2-5-10-17)26-21(19-13-8-14-28-19)24-25-22(26)29-15-20(27)23-18-11-6-3-7-12-18/h2-14,16H,15H2,1H3,(H,23,27). The zero-order chi connectivity index (χ0) is 20.1. The van der Waals surface area contributed by atoms with E-state index >= 15 is 0 Å². The molecule has 0 spiro atoms. The third kappa shape index (κ3) is 4.58. The second-order valence-electron chi connectivity index (χ2n) is 6.44. The number of hydrogen-bond donors (Lipinski definition) is 1. The predicted octanol–water partition coefficient (Wildman–Crippen LogP) is 5.35. The lowest BCUT2D eigenvalue weighted by molar-refractivity contribution is -0.113. The number of thioether (sulfide) groups is 1. The quantitative estimate of drug-likeness (QED) is 0.410. The number of amides is 1. The monoisotopic (exact) mass is 420 g/mol. The lowest BCUT2D eigenvalue weighted by atomic mass is 10.1. The fourth-order valence-electron chi connectivity index (χ4n) is 3.03. The molecule has 2 aromatic heterocycles. The van der Waals surface area contributed by atoms with Crippen LogP contribution in [-0.2, 0) is 4.79 Å². The summed E-state index contributed by atoms with van der Waals surface area (Å²) in [4.78, 5) is 13.4. The number of anilines is 1. The molecule has 1 amide bonds. The smallest absolute Gasteiger partial charge is 0.234 e. The van der Waals surface area contributed by atoms with Gasteiger partial charge in [-0.3, -0.25) is 9.36 Å². The maximum Gasteiger partial charge on any atom is 0.234 e. The largest absolute Gasteiger partial charge is 0.325 e. The van der Waals surface area contributed by atoms with Gasteiger partial charge in [-0.1, -0.05) is 66.4 Å². The van der Waals surface area contributed by atoms with Crippen molar-refractivity contribution < 1.29 is 4.79 Å². The average Bonchev–Trinajstić information content (AvgIpc) is 3.43. The highest BCUT2D eigenvalue weighted by atomic mass is 32.2. The van der Waals surface area contributed by atoms with Gasteiger partial charge >= 0.3 is 0 Å². The number of aromatic nitrogens is 3. The van der Waals surface area contributed by atoms with Crippen LogP contribution in [-0.4, -0.2) is 26.4 Å². The van der Waals surface area contributed by atoms with Crippen molar-refractivity contribution in [1.82, 2.24) is 14.8 Å². The first-order valence-electron chi connectivity index (χ1n) is 9.24. The zero-order valence-corrected chi connectivity index (χ0v) is 17.5. The number of nitrogens with one attached hydrogen (secondary N) is 1. The van der Waals surface area contributed by atoms with Crippen molar-refractivity contribution in [3.8, 4) is 10.7 Å². The van der Waals surface area contributed by atoms with Gasteiger partial charge in [0, 0.05) is 5.69 Å². The Hall–Kier alpha value is -2.90. The van der Waals surface area contributed by atoms with Crippen LogP contribution in [0.25, 0.3) is 10.7 Å². The number of rotatable bonds is 7. The normalized spacial score (nSPS) is 11.9. The van der Waals surface area contributed by atoms with Gasteiger partial charge in [0.15, 0.2) is 11.0 Å². The predicted molar refractivity (Wildman–Crippen MR) is 119 cm³/mol. The minimum absolute atomic E-state index is 0.0444. The summed E-state index contributed by atoms with van der Waals surface area (Å²) in [6, 6.07) is 23.8. The summed E-state index contributed by atoms with van der Waals surface area (Å²) in [6.07, 6.45) is 0. The maximum absolute atomic E-state index is 12.4. The SMILES string of the molecule is CC(c1ccccc1)n1c(SCC(=O)Nc2ccccc2)nnc1-c1cccs1. The van der Waals surface area contributed by atoms with Gasteiger partial charge in [-0.2, -0.15) is 0 Å². The lowest BCUT2D eigenvalue weighted by Gasteiger charge is -2.18. The van der Waals surface area contributed by atoms with Crippen LogP contribution in [0.5, 0.6) is 0 Å². The molecule has 7 heteroatoms. The van der Waals surface area contributed by atoms with Crippen LogP contribution in [0.1, 0.15) is 18.5 Å². The van der Waals surface area contributed by atoms with E-state index in [-0.39, 0.29) is 17.7 Å². The summed E-state index contributed by atoms with van der Waals surface area (Å²) in [6.45, 7) is 2.13. The van der Waals surface area contributed by atoms with E-state index in [9.17, 15) is 4.79 Å². The Labute approximate surface area is 177 Å². The highest BCUT2D eigenvalue weighted by Gasteiger charge is 2.21. The summed E-state index contributed by atoms with van der Waals surface area (Å²) in [5.41, 5.74) is 1.96. The summed E-state index contributed by atoms with van der Waals surface area (Å²) < 4.78 is 2.11. The summed E-state index contributed by atoms with van der Waals surface area (Å²) in [7, 11) is 0. The Morgan fingerprint density at radius 3 is 2.45 bits per heavy atom. The minimum atomic E-state index is -0.0687. The Morgan fingerprint density at radius 2 is 1.76 bits per heavy atom. The van der Waals surface area contributed by atoms with E-state index in [0.29, 0.717) is 0 Å². The number of thiophene rings is 1. The molecule has 4 aromatic rings. The number of nitrogens with zero attached hydrogens (tertiary/aromatic N) is 3. The molecule has 2 aromatic carbocycles. The first-order chi connectivity index (χ1) is 14.2. The molecular weight excluding hydrogens is 400 g/mol. The molecule has 0 aliphatic carbocycles. The van der Waals surface area contributed by atoms with E-state index in [2.05, 4.69) is 39.1 Å².